The van der Waals surface area contributed by atoms with Gasteiger partial charge in [-0.3, -0.25) is 9.59 Å². The number of benzene rings is 1. The predicted octanol–water partition coefficient (Wildman–Crippen LogP) is 2.54. The zero-order valence-corrected chi connectivity index (χ0v) is 11.8. The van der Waals surface area contributed by atoms with Crippen LogP contribution in [0.1, 0.15) is 26.2 Å². The van der Waals surface area contributed by atoms with E-state index in [1.165, 1.54) is 11.8 Å². The third-order valence-electron chi connectivity index (χ3n) is 2.55. The van der Waals surface area contributed by atoms with Crippen molar-refractivity contribution in [1.29, 1.82) is 0 Å². The summed E-state index contributed by atoms with van der Waals surface area (Å²) in [5.74, 6) is -0.860. The predicted molar refractivity (Wildman–Crippen MR) is 76.3 cm³/mol. The zero-order chi connectivity index (χ0) is 14.1. The highest BCUT2D eigenvalue weighted by Gasteiger charge is 2.17. The fourth-order valence-electron chi connectivity index (χ4n) is 1.55. The Morgan fingerprint density at radius 2 is 2.00 bits per heavy atom. The molecular weight excluding hydrogens is 262 g/mol. The first-order valence-electron chi connectivity index (χ1n) is 6.34. The van der Waals surface area contributed by atoms with E-state index in [1.807, 2.05) is 37.3 Å². The minimum absolute atomic E-state index is 0.0262. The van der Waals surface area contributed by atoms with Crippen LogP contribution in [0.25, 0.3) is 0 Å². The average Bonchev–Trinajstić information content (AvgIpc) is 2.41. The van der Waals surface area contributed by atoms with Gasteiger partial charge in [-0.05, 0) is 25.0 Å². The van der Waals surface area contributed by atoms with Crippen LogP contribution in [0.4, 0.5) is 0 Å². The first-order valence-corrected chi connectivity index (χ1v) is 7.22. The summed E-state index contributed by atoms with van der Waals surface area (Å²) in [5.41, 5.74) is 0. The lowest BCUT2D eigenvalue weighted by atomic mass is 10.3. The van der Waals surface area contributed by atoms with Gasteiger partial charge < -0.3 is 10.4 Å². The molecule has 5 heteroatoms. The SMILES string of the molecule is CCC(Sc1ccccc1)C(=O)NCCCC(=O)O. The Balaban J connectivity index is 2.37. The van der Waals surface area contributed by atoms with E-state index < -0.39 is 5.97 Å². The number of carbonyl (C=O) groups excluding carboxylic acids is 1. The molecule has 0 spiro atoms. The molecule has 1 aromatic carbocycles. The molecule has 0 saturated heterocycles. The minimum atomic E-state index is -0.833. The van der Waals surface area contributed by atoms with Crippen molar-refractivity contribution in [1.82, 2.24) is 5.32 Å². The highest BCUT2D eigenvalue weighted by Crippen LogP contribution is 2.25. The molecule has 0 heterocycles. The lowest BCUT2D eigenvalue weighted by Crippen LogP contribution is -2.33. The second-order valence-electron chi connectivity index (χ2n) is 4.12. The molecular formula is C14H19NO3S. The summed E-state index contributed by atoms with van der Waals surface area (Å²) in [5, 5.41) is 11.2. The van der Waals surface area contributed by atoms with Crippen LogP contribution in [-0.4, -0.2) is 28.8 Å². The monoisotopic (exact) mass is 281 g/mol. The van der Waals surface area contributed by atoms with E-state index in [4.69, 9.17) is 5.11 Å². The largest absolute Gasteiger partial charge is 0.481 e. The van der Waals surface area contributed by atoms with Gasteiger partial charge in [0.15, 0.2) is 0 Å². The molecule has 0 saturated carbocycles. The Bertz CT molecular complexity index is 408. The number of nitrogens with one attached hydrogen (secondary N) is 1. The highest BCUT2D eigenvalue weighted by molar-refractivity contribution is 8.00. The normalized spacial score (nSPS) is 11.8. The number of carboxylic acids is 1. The summed E-state index contributed by atoms with van der Waals surface area (Å²) in [4.78, 5) is 23.4. The van der Waals surface area contributed by atoms with E-state index in [0.29, 0.717) is 13.0 Å². The Morgan fingerprint density at radius 1 is 1.32 bits per heavy atom. The second-order valence-corrected chi connectivity index (χ2v) is 5.39. The van der Waals surface area contributed by atoms with Crippen molar-refractivity contribution in [3.8, 4) is 0 Å². The van der Waals surface area contributed by atoms with Crippen molar-refractivity contribution in [2.45, 2.75) is 36.3 Å². The van der Waals surface area contributed by atoms with Gasteiger partial charge in [-0.2, -0.15) is 0 Å². The van der Waals surface area contributed by atoms with E-state index in [-0.39, 0.29) is 17.6 Å². The number of carbonyl (C=O) groups is 2. The Hall–Kier alpha value is -1.49. The molecule has 4 nitrogen and oxygen atoms in total. The topological polar surface area (TPSA) is 66.4 Å². The van der Waals surface area contributed by atoms with Gasteiger partial charge >= 0.3 is 5.97 Å². The molecule has 0 aliphatic heterocycles. The standard InChI is InChI=1S/C14H19NO3S/c1-2-12(19-11-7-4-3-5-8-11)14(18)15-10-6-9-13(16)17/h3-5,7-8,12H,2,6,9-10H2,1H3,(H,15,18)(H,16,17). The van der Waals surface area contributed by atoms with Crippen LogP contribution in [0.5, 0.6) is 0 Å². The van der Waals surface area contributed by atoms with Crippen LogP contribution >= 0.6 is 11.8 Å². The fourth-order valence-corrected chi connectivity index (χ4v) is 2.55. The molecule has 19 heavy (non-hydrogen) atoms. The molecule has 0 bridgehead atoms. The summed E-state index contributed by atoms with van der Waals surface area (Å²) in [6.07, 6.45) is 1.29. The van der Waals surface area contributed by atoms with Gasteiger partial charge in [0, 0.05) is 17.9 Å². The number of aliphatic carboxylic acids is 1. The highest BCUT2D eigenvalue weighted by atomic mass is 32.2. The maximum Gasteiger partial charge on any atom is 0.303 e. The first kappa shape index (κ1) is 15.6. The van der Waals surface area contributed by atoms with Gasteiger partial charge in [0.1, 0.15) is 0 Å². The lowest BCUT2D eigenvalue weighted by molar-refractivity contribution is -0.137. The summed E-state index contributed by atoms with van der Waals surface area (Å²) >= 11 is 1.53. The van der Waals surface area contributed by atoms with E-state index in [1.54, 1.807) is 0 Å². The van der Waals surface area contributed by atoms with Crippen molar-refractivity contribution in [3.63, 3.8) is 0 Å². The molecule has 1 amide bonds. The maximum atomic E-state index is 11.9. The van der Waals surface area contributed by atoms with Gasteiger partial charge in [-0.1, -0.05) is 25.1 Å². The number of carboxylic acid groups (broad SMARTS) is 1. The quantitative estimate of drug-likeness (QED) is 0.567. The van der Waals surface area contributed by atoms with Crippen LogP contribution in [0.2, 0.25) is 0 Å². The van der Waals surface area contributed by atoms with Gasteiger partial charge in [0.2, 0.25) is 5.91 Å². The van der Waals surface area contributed by atoms with Crippen LogP contribution < -0.4 is 5.32 Å². The van der Waals surface area contributed by atoms with Crippen LogP contribution in [0.15, 0.2) is 35.2 Å². The summed E-state index contributed by atoms with van der Waals surface area (Å²) in [6.45, 7) is 2.38. The summed E-state index contributed by atoms with van der Waals surface area (Å²) in [6, 6.07) is 9.78. The van der Waals surface area contributed by atoms with Crippen molar-refractivity contribution in [2.24, 2.45) is 0 Å². The van der Waals surface area contributed by atoms with E-state index >= 15 is 0 Å². The van der Waals surface area contributed by atoms with E-state index in [0.717, 1.165) is 11.3 Å². The van der Waals surface area contributed by atoms with Gasteiger partial charge in [-0.15, -0.1) is 11.8 Å². The summed E-state index contributed by atoms with van der Waals surface area (Å²) in [7, 11) is 0. The molecule has 1 atom stereocenters. The van der Waals surface area contributed by atoms with Crippen molar-refractivity contribution >= 4 is 23.6 Å². The molecule has 104 valence electrons. The fraction of sp³-hybridized carbons (Fsp3) is 0.429. The van der Waals surface area contributed by atoms with Gasteiger partial charge in [0.25, 0.3) is 0 Å². The molecule has 0 aromatic heterocycles. The smallest absolute Gasteiger partial charge is 0.303 e. The Kier molecular flexibility index (Phi) is 7.03. The number of thioether (sulfide) groups is 1. The molecule has 0 radical (unpaired) electrons. The molecule has 0 aliphatic carbocycles. The van der Waals surface area contributed by atoms with Crippen LogP contribution in [0.3, 0.4) is 0 Å². The summed E-state index contributed by atoms with van der Waals surface area (Å²) < 4.78 is 0. The number of hydrogen-bond acceptors (Lipinski definition) is 3. The molecule has 1 aromatic rings. The van der Waals surface area contributed by atoms with Gasteiger partial charge in [-0.25, -0.2) is 0 Å². The number of hydrogen-bond donors (Lipinski definition) is 2. The Labute approximate surface area is 117 Å². The minimum Gasteiger partial charge on any atom is -0.481 e. The number of rotatable bonds is 8. The van der Waals surface area contributed by atoms with Crippen molar-refractivity contribution in [3.05, 3.63) is 30.3 Å². The second kappa shape index (κ2) is 8.58. The van der Waals surface area contributed by atoms with E-state index in [9.17, 15) is 9.59 Å². The molecule has 2 N–H and O–H groups in total. The Morgan fingerprint density at radius 3 is 2.58 bits per heavy atom. The molecule has 0 aliphatic rings. The van der Waals surface area contributed by atoms with Crippen molar-refractivity contribution in [2.75, 3.05) is 6.54 Å². The van der Waals surface area contributed by atoms with Gasteiger partial charge in [0.05, 0.1) is 5.25 Å². The third-order valence-corrected chi connectivity index (χ3v) is 3.93. The lowest BCUT2D eigenvalue weighted by Gasteiger charge is -2.14. The van der Waals surface area contributed by atoms with Crippen molar-refractivity contribution < 1.29 is 14.7 Å². The molecule has 0 fully saturated rings. The maximum absolute atomic E-state index is 11.9. The average molecular weight is 281 g/mol. The first-order chi connectivity index (χ1) is 9.13. The molecule has 1 unspecified atom stereocenters. The van der Waals surface area contributed by atoms with E-state index in [2.05, 4.69) is 5.32 Å². The van der Waals surface area contributed by atoms with Crippen LogP contribution in [0, 0.1) is 0 Å². The number of amides is 1. The third kappa shape index (κ3) is 6.29. The molecule has 1 rings (SSSR count). The zero-order valence-electron chi connectivity index (χ0n) is 11.0. The van der Waals surface area contributed by atoms with Crippen LogP contribution in [-0.2, 0) is 9.59 Å².